The van der Waals surface area contributed by atoms with Gasteiger partial charge in [-0.15, -0.1) is 0 Å². The summed E-state index contributed by atoms with van der Waals surface area (Å²) in [7, 11) is 1.69. The van der Waals surface area contributed by atoms with E-state index in [1.807, 2.05) is 18.3 Å². The van der Waals surface area contributed by atoms with E-state index in [-0.39, 0.29) is 0 Å². The smallest absolute Gasteiger partial charge is 0.162 e. The molecule has 0 atom stereocenters. The SMILES string of the molecule is COc1ccc(Cn2cccc2CN2CCc3nc(-c4cncnc4)ncc3C2)cc1. The van der Waals surface area contributed by atoms with Crippen molar-refractivity contribution in [1.82, 2.24) is 29.4 Å². The predicted octanol–water partition coefficient (Wildman–Crippen LogP) is 3.35. The third kappa shape index (κ3) is 4.32. The Labute approximate surface area is 181 Å². The van der Waals surface area contributed by atoms with E-state index in [4.69, 9.17) is 9.72 Å². The number of hydrogen-bond donors (Lipinski definition) is 0. The number of benzene rings is 1. The van der Waals surface area contributed by atoms with Gasteiger partial charge in [-0.3, -0.25) is 4.90 Å². The molecule has 7 heteroatoms. The van der Waals surface area contributed by atoms with Crippen LogP contribution in [0.5, 0.6) is 5.75 Å². The second-order valence-corrected chi connectivity index (χ2v) is 7.73. The lowest BCUT2D eigenvalue weighted by Gasteiger charge is -2.28. The first-order valence-electron chi connectivity index (χ1n) is 10.4. The number of rotatable bonds is 6. The maximum absolute atomic E-state index is 5.26. The van der Waals surface area contributed by atoms with Crippen LogP contribution in [0.1, 0.15) is 22.5 Å². The van der Waals surface area contributed by atoms with Gasteiger partial charge in [0.1, 0.15) is 12.1 Å². The molecule has 5 rings (SSSR count). The highest BCUT2D eigenvalue weighted by atomic mass is 16.5. The molecule has 4 aromatic rings. The Hall–Kier alpha value is -3.58. The second-order valence-electron chi connectivity index (χ2n) is 7.73. The van der Waals surface area contributed by atoms with E-state index in [2.05, 4.69) is 54.9 Å². The Morgan fingerprint density at radius 2 is 1.84 bits per heavy atom. The van der Waals surface area contributed by atoms with Gasteiger partial charge in [0.2, 0.25) is 0 Å². The molecule has 0 spiro atoms. The van der Waals surface area contributed by atoms with Crippen LogP contribution in [0.15, 0.2) is 67.5 Å². The molecule has 156 valence electrons. The van der Waals surface area contributed by atoms with Crippen molar-refractivity contribution < 1.29 is 4.74 Å². The molecular formula is C24H24N6O. The quantitative estimate of drug-likeness (QED) is 0.484. The third-order valence-corrected chi connectivity index (χ3v) is 5.65. The van der Waals surface area contributed by atoms with Crippen LogP contribution in [0.2, 0.25) is 0 Å². The van der Waals surface area contributed by atoms with Gasteiger partial charge >= 0.3 is 0 Å². The summed E-state index contributed by atoms with van der Waals surface area (Å²) in [5, 5.41) is 0. The number of fused-ring (bicyclic) bond motifs is 1. The van der Waals surface area contributed by atoms with Crippen LogP contribution in [-0.2, 0) is 26.1 Å². The van der Waals surface area contributed by atoms with Crippen molar-refractivity contribution in [2.75, 3.05) is 13.7 Å². The van der Waals surface area contributed by atoms with Gasteiger partial charge in [-0.05, 0) is 29.8 Å². The number of nitrogens with zero attached hydrogens (tertiary/aromatic N) is 6. The van der Waals surface area contributed by atoms with Crippen molar-refractivity contribution in [3.05, 3.63) is 90.0 Å². The molecule has 3 aromatic heterocycles. The molecule has 0 amide bonds. The minimum absolute atomic E-state index is 0.696. The van der Waals surface area contributed by atoms with E-state index < -0.39 is 0 Å². The van der Waals surface area contributed by atoms with E-state index in [1.54, 1.807) is 19.5 Å². The third-order valence-electron chi connectivity index (χ3n) is 5.65. The zero-order valence-electron chi connectivity index (χ0n) is 17.5. The summed E-state index contributed by atoms with van der Waals surface area (Å²) in [5.41, 5.74) is 5.73. The summed E-state index contributed by atoms with van der Waals surface area (Å²) >= 11 is 0. The van der Waals surface area contributed by atoms with Gasteiger partial charge in [0, 0.05) is 68.6 Å². The molecule has 0 radical (unpaired) electrons. The molecule has 0 saturated carbocycles. The summed E-state index contributed by atoms with van der Waals surface area (Å²) < 4.78 is 7.57. The number of methoxy groups -OCH3 is 1. The lowest BCUT2D eigenvalue weighted by molar-refractivity contribution is 0.237. The molecule has 1 aromatic carbocycles. The van der Waals surface area contributed by atoms with Gasteiger partial charge in [0.05, 0.1) is 18.4 Å². The summed E-state index contributed by atoms with van der Waals surface area (Å²) in [5.74, 6) is 1.58. The highest BCUT2D eigenvalue weighted by Crippen LogP contribution is 2.22. The second kappa shape index (κ2) is 8.65. The van der Waals surface area contributed by atoms with Crippen molar-refractivity contribution in [1.29, 1.82) is 0 Å². The molecule has 0 bridgehead atoms. The van der Waals surface area contributed by atoms with Crippen LogP contribution in [0, 0.1) is 0 Å². The first-order chi connectivity index (χ1) is 15.3. The Morgan fingerprint density at radius 3 is 2.65 bits per heavy atom. The molecular weight excluding hydrogens is 388 g/mol. The highest BCUT2D eigenvalue weighted by Gasteiger charge is 2.20. The highest BCUT2D eigenvalue weighted by molar-refractivity contribution is 5.52. The molecule has 0 fully saturated rings. The normalized spacial score (nSPS) is 13.7. The fourth-order valence-electron chi connectivity index (χ4n) is 3.97. The van der Waals surface area contributed by atoms with Gasteiger partial charge in [0.15, 0.2) is 5.82 Å². The Morgan fingerprint density at radius 1 is 1.00 bits per heavy atom. The monoisotopic (exact) mass is 412 g/mol. The summed E-state index contributed by atoms with van der Waals surface area (Å²) in [4.78, 5) is 19.9. The van der Waals surface area contributed by atoms with E-state index in [9.17, 15) is 0 Å². The van der Waals surface area contributed by atoms with Crippen LogP contribution < -0.4 is 4.74 Å². The standard InChI is InChI=1S/C24H24N6O/c1-31-22-6-4-18(5-7-22)14-30-9-2-3-21(30)16-29-10-8-23-20(15-29)13-27-24(28-23)19-11-25-17-26-12-19/h2-7,9,11-13,17H,8,10,14-16H2,1H3. The average molecular weight is 412 g/mol. The largest absolute Gasteiger partial charge is 0.497 e. The summed E-state index contributed by atoms with van der Waals surface area (Å²) in [6.07, 6.45) is 10.0. The van der Waals surface area contributed by atoms with Gasteiger partial charge in [-0.25, -0.2) is 19.9 Å². The van der Waals surface area contributed by atoms with E-state index in [1.165, 1.54) is 23.1 Å². The van der Waals surface area contributed by atoms with Crippen molar-refractivity contribution in [3.63, 3.8) is 0 Å². The van der Waals surface area contributed by atoms with Crippen molar-refractivity contribution in [2.24, 2.45) is 0 Å². The van der Waals surface area contributed by atoms with Crippen molar-refractivity contribution in [2.45, 2.75) is 26.1 Å². The molecule has 1 aliphatic heterocycles. The topological polar surface area (TPSA) is 69.0 Å². The first kappa shape index (κ1) is 19.4. The van der Waals surface area contributed by atoms with Crippen LogP contribution in [-0.4, -0.2) is 43.1 Å². The minimum atomic E-state index is 0.696. The lowest BCUT2D eigenvalue weighted by Crippen LogP contribution is -2.31. The first-order valence-corrected chi connectivity index (χ1v) is 10.4. The Kier molecular flexibility index (Phi) is 5.41. The van der Waals surface area contributed by atoms with Crippen LogP contribution in [0.4, 0.5) is 0 Å². The van der Waals surface area contributed by atoms with Gasteiger partial charge in [-0.1, -0.05) is 12.1 Å². The lowest BCUT2D eigenvalue weighted by atomic mass is 10.1. The molecule has 0 N–H and O–H groups in total. The van der Waals surface area contributed by atoms with Gasteiger partial charge in [0.25, 0.3) is 0 Å². The molecule has 4 heterocycles. The Bertz CT molecular complexity index is 1160. The molecule has 0 saturated heterocycles. The molecule has 0 aliphatic carbocycles. The predicted molar refractivity (Wildman–Crippen MR) is 117 cm³/mol. The summed E-state index contributed by atoms with van der Waals surface area (Å²) in [6, 6.07) is 12.6. The number of ether oxygens (including phenoxy) is 1. The number of aromatic nitrogens is 5. The number of hydrogen-bond acceptors (Lipinski definition) is 6. The van der Waals surface area contributed by atoms with Gasteiger partial charge in [-0.2, -0.15) is 0 Å². The minimum Gasteiger partial charge on any atom is -0.497 e. The van der Waals surface area contributed by atoms with E-state index in [0.29, 0.717) is 5.82 Å². The molecule has 31 heavy (non-hydrogen) atoms. The van der Waals surface area contributed by atoms with Crippen molar-refractivity contribution >= 4 is 0 Å². The van der Waals surface area contributed by atoms with Gasteiger partial charge < -0.3 is 9.30 Å². The van der Waals surface area contributed by atoms with Crippen LogP contribution >= 0.6 is 0 Å². The Balaban J connectivity index is 1.27. The average Bonchev–Trinajstić information content (AvgIpc) is 3.26. The molecule has 1 aliphatic rings. The maximum Gasteiger partial charge on any atom is 0.162 e. The fraction of sp³-hybridized carbons (Fsp3) is 0.250. The zero-order valence-corrected chi connectivity index (χ0v) is 17.5. The van der Waals surface area contributed by atoms with E-state index in [0.717, 1.165) is 49.6 Å². The summed E-state index contributed by atoms with van der Waals surface area (Å²) in [6.45, 7) is 3.58. The van der Waals surface area contributed by atoms with E-state index >= 15 is 0 Å². The van der Waals surface area contributed by atoms with Crippen molar-refractivity contribution in [3.8, 4) is 17.1 Å². The van der Waals surface area contributed by atoms with Crippen LogP contribution in [0.25, 0.3) is 11.4 Å². The molecule has 0 unspecified atom stereocenters. The fourth-order valence-corrected chi connectivity index (χ4v) is 3.97. The van der Waals surface area contributed by atoms with Crippen LogP contribution in [0.3, 0.4) is 0 Å². The zero-order chi connectivity index (χ0) is 21.0. The maximum atomic E-state index is 5.26. The molecule has 7 nitrogen and oxygen atoms in total.